The zero-order valence-electron chi connectivity index (χ0n) is 16.3. The van der Waals surface area contributed by atoms with Crippen LogP contribution in [0.1, 0.15) is 11.1 Å². The third-order valence-corrected chi connectivity index (χ3v) is 4.75. The first-order valence-electron chi connectivity index (χ1n) is 9.18. The molecule has 2 aromatic heterocycles. The fourth-order valence-corrected chi connectivity index (χ4v) is 3.20. The predicted octanol–water partition coefficient (Wildman–Crippen LogP) is 4.94. The van der Waals surface area contributed by atoms with Crippen molar-refractivity contribution >= 4 is 11.5 Å². The van der Waals surface area contributed by atoms with Crippen LogP contribution in [0.5, 0.6) is 11.5 Å². The van der Waals surface area contributed by atoms with E-state index in [1.54, 1.807) is 14.2 Å². The number of imidazole rings is 1. The van der Waals surface area contributed by atoms with Gasteiger partial charge in [0, 0.05) is 18.3 Å². The largest absolute Gasteiger partial charge is 0.497 e. The molecule has 0 saturated carbocycles. The van der Waals surface area contributed by atoms with Crippen LogP contribution in [0.25, 0.3) is 16.9 Å². The summed E-state index contributed by atoms with van der Waals surface area (Å²) in [5, 5.41) is 3.57. The first-order chi connectivity index (χ1) is 13.7. The van der Waals surface area contributed by atoms with Gasteiger partial charge < -0.3 is 14.8 Å². The Labute approximate surface area is 164 Å². The molecule has 0 aliphatic rings. The number of aryl methyl sites for hydroxylation is 1. The Morgan fingerprint density at radius 1 is 0.857 bits per heavy atom. The third-order valence-electron chi connectivity index (χ3n) is 4.75. The van der Waals surface area contributed by atoms with Crippen LogP contribution in [0.3, 0.4) is 0 Å². The van der Waals surface area contributed by atoms with Crippen molar-refractivity contribution in [1.29, 1.82) is 0 Å². The predicted molar refractivity (Wildman–Crippen MR) is 112 cm³/mol. The minimum absolute atomic E-state index is 0.689. The maximum Gasteiger partial charge on any atom is 0.139 e. The van der Waals surface area contributed by atoms with E-state index in [2.05, 4.69) is 41.0 Å². The maximum atomic E-state index is 5.28. The normalized spacial score (nSPS) is 10.8. The van der Waals surface area contributed by atoms with Crippen LogP contribution in [0.15, 0.2) is 66.9 Å². The molecule has 0 bridgehead atoms. The molecule has 5 heteroatoms. The Morgan fingerprint density at radius 3 is 2.14 bits per heavy atom. The summed E-state index contributed by atoms with van der Waals surface area (Å²) >= 11 is 0. The molecule has 0 unspecified atom stereocenters. The number of methoxy groups -OCH3 is 2. The molecule has 28 heavy (non-hydrogen) atoms. The summed E-state index contributed by atoms with van der Waals surface area (Å²) < 4.78 is 12.6. The van der Waals surface area contributed by atoms with Crippen LogP contribution in [-0.2, 0) is 6.54 Å². The highest BCUT2D eigenvalue weighted by Crippen LogP contribution is 2.30. The Balaban J connectivity index is 1.72. The van der Waals surface area contributed by atoms with Crippen LogP contribution in [0.4, 0.5) is 5.82 Å². The van der Waals surface area contributed by atoms with Crippen LogP contribution in [-0.4, -0.2) is 23.6 Å². The molecule has 2 aromatic carbocycles. The van der Waals surface area contributed by atoms with E-state index in [4.69, 9.17) is 14.5 Å². The number of anilines is 1. The zero-order valence-corrected chi connectivity index (χ0v) is 16.3. The van der Waals surface area contributed by atoms with Crippen molar-refractivity contribution < 1.29 is 9.47 Å². The molecule has 0 amide bonds. The van der Waals surface area contributed by atoms with Crippen LogP contribution < -0.4 is 14.8 Å². The molecule has 0 aliphatic heterocycles. The first-order valence-corrected chi connectivity index (χ1v) is 9.18. The molecule has 5 nitrogen and oxygen atoms in total. The Morgan fingerprint density at radius 2 is 1.50 bits per heavy atom. The Hall–Kier alpha value is -3.47. The molecule has 2 heterocycles. The lowest BCUT2D eigenvalue weighted by molar-refractivity contribution is 0.414. The van der Waals surface area contributed by atoms with E-state index in [0.717, 1.165) is 34.2 Å². The monoisotopic (exact) mass is 373 g/mol. The summed E-state index contributed by atoms with van der Waals surface area (Å²) in [5.74, 6) is 2.66. The smallest absolute Gasteiger partial charge is 0.139 e. The van der Waals surface area contributed by atoms with E-state index in [9.17, 15) is 0 Å². The fraction of sp³-hybridized carbons (Fsp3) is 0.174. The summed E-state index contributed by atoms with van der Waals surface area (Å²) in [4.78, 5) is 4.86. The first kappa shape index (κ1) is 17.9. The molecular formula is C23H23N3O2. The molecule has 4 rings (SSSR count). The number of pyridine rings is 1. The number of nitrogens with one attached hydrogen (secondary N) is 1. The van der Waals surface area contributed by atoms with Gasteiger partial charge in [-0.15, -0.1) is 0 Å². The minimum atomic E-state index is 0.689. The number of aromatic nitrogens is 2. The quantitative estimate of drug-likeness (QED) is 0.520. The van der Waals surface area contributed by atoms with E-state index in [0.29, 0.717) is 6.54 Å². The van der Waals surface area contributed by atoms with Crippen LogP contribution in [0, 0.1) is 6.92 Å². The van der Waals surface area contributed by atoms with Gasteiger partial charge in [-0.25, -0.2) is 4.98 Å². The molecule has 4 aromatic rings. The summed E-state index contributed by atoms with van der Waals surface area (Å²) in [6.07, 6.45) is 2.10. The van der Waals surface area contributed by atoms with Gasteiger partial charge in [-0.05, 0) is 60.5 Å². The molecule has 0 atom stereocenters. The zero-order chi connectivity index (χ0) is 19.5. The van der Waals surface area contributed by atoms with Crippen molar-refractivity contribution in [1.82, 2.24) is 9.38 Å². The standard InChI is InChI=1S/C23H23N3O2/c1-16-4-13-21-25-22(18-7-11-20(28-3)12-8-18)23(26(21)15-16)24-14-17-5-9-19(27-2)10-6-17/h4-13,15,24H,14H2,1-3H3. The van der Waals surface area contributed by atoms with Gasteiger partial charge in [-0.1, -0.05) is 18.2 Å². The Bertz CT molecular complexity index is 1080. The van der Waals surface area contributed by atoms with Crippen molar-refractivity contribution in [2.75, 3.05) is 19.5 Å². The molecule has 1 N–H and O–H groups in total. The lowest BCUT2D eigenvalue weighted by atomic mass is 10.1. The van der Waals surface area contributed by atoms with E-state index in [1.807, 2.05) is 42.5 Å². The molecule has 0 aliphatic carbocycles. The molecule has 0 radical (unpaired) electrons. The highest BCUT2D eigenvalue weighted by molar-refractivity contribution is 5.77. The van der Waals surface area contributed by atoms with E-state index >= 15 is 0 Å². The number of nitrogens with zero attached hydrogens (tertiary/aromatic N) is 2. The number of ether oxygens (including phenoxy) is 2. The molecule has 0 spiro atoms. The average Bonchev–Trinajstić information content (AvgIpc) is 3.10. The van der Waals surface area contributed by atoms with Crippen molar-refractivity contribution in [2.45, 2.75) is 13.5 Å². The third kappa shape index (κ3) is 3.51. The summed E-state index contributed by atoms with van der Waals surface area (Å²) in [5.41, 5.74) is 5.22. The van der Waals surface area contributed by atoms with Crippen LogP contribution >= 0.6 is 0 Å². The highest BCUT2D eigenvalue weighted by atomic mass is 16.5. The average molecular weight is 373 g/mol. The van der Waals surface area contributed by atoms with Crippen molar-refractivity contribution in [2.24, 2.45) is 0 Å². The number of fused-ring (bicyclic) bond motifs is 1. The number of rotatable bonds is 6. The lowest BCUT2D eigenvalue weighted by Crippen LogP contribution is -2.03. The van der Waals surface area contributed by atoms with Gasteiger partial charge in [0.2, 0.25) is 0 Å². The van der Waals surface area contributed by atoms with Gasteiger partial charge in [-0.2, -0.15) is 0 Å². The van der Waals surface area contributed by atoms with Gasteiger partial charge in [0.15, 0.2) is 0 Å². The summed E-state index contributed by atoms with van der Waals surface area (Å²) in [6.45, 7) is 2.77. The van der Waals surface area contributed by atoms with Gasteiger partial charge in [0.1, 0.15) is 28.7 Å². The molecule has 0 saturated heterocycles. The molecular weight excluding hydrogens is 350 g/mol. The summed E-state index contributed by atoms with van der Waals surface area (Å²) in [6, 6.07) is 20.2. The van der Waals surface area contributed by atoms with E-state index in [-0.39, 0.29) is 0 Å². The molecule has 142 valence electrons. The summed E-state index contributed by atoms with van der Waals surface area (Å²) in [7, 11) is 3.35. The second-order valence-electron chi connectivity index (χ2n) is 6.67. The maximum absolute atomic E-state index is 5.28. The highest BCUT2D eigenvalue weighted by Gasteiger charge is 2.14. The van der Waals surface area contributed by atoms with Gasteiger partial charge in [0.25, 0.3) is 0 Å². The topological polar surface area (TPSA) is 47.8 Å². The van der Waals surface area contributed by atoms with Crippen molar-refractivity contribution in [3.63, 3.8) is 0 Å². The van der Waals surface area contributed by atoms with E-state index < -0.39 is 0 Å². The molecule has 0 fully saturated rings. The minimum Gasteiger partial charge on any atom is -0.497 e. The number of hydrogen-bond donors (Lipinski definition) is 1. The lowest BCUT2D eigenvalue weighted by Gasteiger charge is -2.10. The Kier molecular flexibility index (Phi) is 4.89. The van der Waals surface area contributed by atoms with Crippen LogP contribution in [0.2, 0.25) is 0 Å². The second kappa shape index (κ2) is 7.64. The fourth-order valence-electron chi connectivity index (χ4n) is 3.20. The van der Waals surface area contributed by atoms with E-state index in [1.165, 1.54) is 11.1 Å². The van der Waals surface area contributed by atoms with Crippen molar-refractivity contribution in [3.8, 4) is 22.8 Å². The number of hydrogen-bond acceptors (Lipinski definition) is 4. The van der Waals surface area contributed by atoms with Gasteiger partial charge in [-0.3, -0.25) is 4.40 Å². The van der Waals surface area contributed by atoms with Gasteiger partial charge >= 0.3 is 0 Å². The van der Waals surface area contributed by atoms with Crippen molar-refractivity contribution in [3.05, 3.63) is 78.0 Å². The second-order valence-corrected chi connectivity index (χ2v) is 6.67. The SMILES string of the molecule is COc1ccc(CNc2c(-c3ccc(OC)cc3)nc3ccc(C)cn23)cc1. The number of benzene rings is 2. The van der Waals surface area contributed by atoms with Gasteiger partial charge in [0.05, 0.1) is 14.2 Å².